The van der Waals surface area contributed by atoms with E-state index in [2.05, 4.69) is 24.5 Å². The van der Waals surface area contributed by atoms with Crippen molar-refractivity contribution in [2.75, 3.05) is 13.1 Å². The number of amides is 2. The molecular formula is C20H32N2O2. The number of hydrogen-bond acceptors (Lipinski definition) is 2. The highest BCUT2D eigenvalue weighted by Gasteiger charge is 2.09. The highest BCUT2D eigenvalue weighted by Crippen LogP contribution is 2.06. The lowest BCUT2D eigenvalue weighted by Gasteiger charge is -2.08. The van der Waals surface area contributed by atoms with Crippen LogP contribution in [0.4, 0.5) is 0 Å². The molecule has 0 aliphatic heterocycles. The maximum Gasteiger partial charge on any atom is 0.251 e. The molecule has 0 fully saturated rings. The summed E-state index contributed by atoms with van der Waals surface area (Å²) < 4.78 is 0. The number of hydrogen-bond donors (Lipinski definition) is 2. The molecule has 4 heteroatoms. The third kappa shape index (κ3) is 8.14. The second kappa shape index (κ2) is 12.6. The van der Waals surface area contributed by atoms with E-state index in [1.807, 2.05) is 0 Å². The molecule has 0 radical (unpaired) electrons. The minimum absolute atomic E-state index is 0.107. The van der Waals surface area contributed by atoms with Crippen molar-refractivity contribution >= 4 is 11.8 Å². The molecule has 0 aliphatic carbocycles. The Bertz CT molecular complexity index is 459. The van der Waals surface area contributed by atoms with E-state index < -0.39 is 0 Å². The average Bonchev–Trinajstić information content (AvgIpc) is 2.61. The Kier molecular flexibility index (Phi) is 10.6. The molecule has 0 aliphatic rings. The maximum absolute atomic E-state index is 12.1. The van der Waals surface area contributed by atoms with E-state index in [1.54, 1.807) is 24.3 Å². The molecule has 2 N–H and O–H groups in total. The molecule has 24 heavy (non-hydrogen) atoms. The third-order valence-electron chi connectivity index (χ3n) is 4.02. The fourth-order valence-corrected chi connectivity index (χ4v) is 2.51. The molecule has 0 saturated heterocycles. The van der Waals surface area contributed by atoms with E-state index in [0.29, 0.717) is 24.2 Å². The van der Waals surface area contributed by atoms with Gasteiger partial charge in [-0.15, -0.1) is 0 Å². The number of nitrogens with one attached hydrogen (secondary N) is 2. The van der Waals surface area contributed by atoms with E-state index in [4.69, 9.17) is 0 Å². The Morgan fingerprint density at radius 1 is 0.750 bits per heavy atom. The van der Waals surface area contributed by atoms with Gasteiger partial charge in [0.05, 0.1) is 0 Å². The zero-order valence-corrected chi connectivity index (χ0v) is 15.2. The van der Waals surface area contributed by atoms with Gasteiger partial charge in [0.2, 0.25) is 0 Å². The molecule has 0 heterocycles. The van der Waals surface area contributed by atoms with E-state index in [-0.39, 0.29) is 11.8 Å². The summed E-state index contributed by atoms with van der Waals surface area (Å²) >= 11 is 0. The molecular weight excluding hydrogens is 300 g/mol. The van der Waals surface area contributed by atoms with Gasteiger partial charge in [-0.2, -0.15) is 0 Å². The maximum atomic E-state index is 12.1. The topological polar surface area (TPSA) is 58.2 Å². The molecule has 0 spiro atoms. The number of benzene rings is 1. The van der Waals surface area contributed by atoms with Gasteiger partial charge in [-0.3, -0.25) is 9.59 Å². The molecule has 0 saturated carbocycles. The first-order chi connectivity index (χ1) is 11.7. The molecule has 1 aromatic carbocycles. The van der Waals surface area contributed by atoms with Crippen molar-refractivity contribution in [3.05, 3.63) is 35.4 Å². The fourth-order valence-electron chi connectivity index (χ4n) is 2.51. The Hall–Kier alpha value is -1.84. The monoisotopic (exact) mass is 332 g/mol. The summed E-state index contributed by atoms with van der Waals surface area (Å²) in [6.07, 6.45) is 9.03. The molecule has 0 atom stereocenters. The van der Waals surface area contributed by atoms with Gasteiger partial charge in [-0.05, 0) is 31.0 Å². The van der Waals surface area contributed by atoms with Crippen molar-refractivity contribution in [2.24, 2.45) is 0 Å². The number of carbonyl (C=O) groups excluding carboxylic acids is 2. The highest BCUT2D eigenvalue weighted by atomic mass is 16.2. The summed E-state index contributed by atoms with van der Waals surface area (Å²) in [5, 5.41) is 5.84. The normalized spacial score (nSPS) is 10.4. The van der Waals surface area contributed by atoms with Crippen LogP contribution in [0, 0.1) is 0 Å². The van der Waals surface area contributed by atoms with Gasteiger partial charge >= 0.3 is 0 Å². The van der Waals surface area contributed by atoms with Crippen molar-refractivity contribution in [2.45, 2.75) is 65.2 Å². The minimum Gasteiger partial charge on any atom is -0.352 e. The molecule has 4 nitrogen and oxygen atoms in total. The molecule has 2 amide bonds. The summed E-state index contributed by atoms with van der Waals surface area (Å²) in [5.41, 5.74) is 1.09. The Morgan fingerprint density at radius 2 is 1.21 bits per heavy atom. The van der Waals surface area contributed by atoms with E-state index in [1.165, 1.54) is 25.7 Å². The molecule has 1 rings (SSSR count). The van der Waals surface area contributed by atoms with Gasteiger partial charge in [0.1, 0.15) is 0 Å². The van der Waals surface area contributed by atoms with Gasteiger partial charge < -0.3 is 10.6 Å². The summed E-state index contributed by atoms with van der Waals surface area (Å²) in [4.78, 5) is 24.3. The van der Waals surface area contributed by atoms with Crippen LogP contribution in [-0.2, 0) is 0 Å². The minimum atomic E-state index is -0.107. The number of unbranched alkanes of at least 4 members (excludes halogenated alkanes) is 6. The first-order valence-corrected chi connectivity index (χ1v) is 9.35. The lowest BCUT2D eigenvalue weighted by molar-refractivity contribution is 0.0952. The largest absolute Gasteiger partial charge is 0.352 e. The summed E-state index contributed by atoms with van der Waals surface area (Å²) in [5.74, 6) is -0.215. The van der Waals surface area contributed by atoms with E-state index >= 15 is 0 Å². The van der Waals surface area contributed by atoms with Crippen LogP contribution < -0.4 is 10.6 Å². The van der Waals surface area contributed by atoms with E-state index in [0.717, 1.165) is 25.7 Å². The van der Waals surface area contributed by atoms with Gasteiger partial charge in [-0.25, -0.2) is 0 Å². The standard InChI is InChI=1S/C20H32N2O2/c1-3-5-7-9-14-21-19(23)17-12-11-13-18(16-17)20(24)22-15-10-8-6-4-2/h11-13,16H,3-10,14-15H2,1-2H3,(H,21,23)(H,22,24). The molecule has 134 valence electrons. The zero-order valence-electron chi connectivity index (χ0n) is 15.2. The molecule has 0 unspecified atom stereocenters. The highest BCUT2D eigenvalue weighted by molar-refractivity contribution is 5.99. The zero-order chi connectivity index (χ0) is 17.6. The Morgan fingerprint density at radius 3 is 1.62 bits per heavy atom. The predicted molar refractivity (Wildman–Crippen MR) is 99.4 cm³/mol. The first kappa shape index (κ1) is 20.2. The predicted octanol–water partition coefficient (Wildman–Crippen LogP) is 4.31. The average molecular weight is 332 g/mol. The van der Waals surface area contributed by atoms with Crippen LogP contribution >= 0.6 is 0 Å². The van der Waals surface area contributed by atoms with Gasteiger partial charge in [0.15, 0.2) is 0 Å². The van der Waals surface area contributed by atoms with Crippen LogP contribution in [0.15, 0.2) is 24.3 Å². The molecule has 0 aromatic heterocycles. The second-order valence-electron chi connectivity index (χ2n) is 6.21. The summed E-state index contributed by atoms with van der Waals surface area (Å²) in [6.45, 7) is 5.71. The van der Waals surface area contributed by atoms with Gasteiger partial charge in [0.25, 0.3) is 11.8 Å². The third-order valence-corrected chi connectivity index (χ3v) is 4.02. The van der Waals surface area contributed by atoms with Crippen LogP contribution in [0.1, 0.15) is 85.9 Å². The van der Waals surface area contributed by atoms with Crippen LogP contribution in [0.5, 0.6) is 0 Å². The van der Waals surface area contributed by atoms with Crippen LogP contribution in [0.3, 0.4) is 0 Å². The molecule has 1 aromatic rings. The Balaban J connectivity index is 2.41. The quantitative estimate of drug-likeness (QED) is 0.560. The molecule has 0 bridgehead atoms. The fraction of sp³-hybridized carbons (Fsp3) is 0.600. The summed E-state index contributed by atoms with van der Waals surface area (Å²) in [7, 11) is 0. The van der Waals surface area contributed by atoms with Gasteiger partial charge in [-0.1, -0.05) is 58.4 Å². The SMILES string of the molecule is CCCCCCNC(=O)c1cccc(C(=O)NCCCCCC)c1. The lowest BCUT2D eigenvalue weighted by Crippen LogP contribution is -2.26. The van der Waals surface area contributed by atoms with Crippen LogP contribution in [-0.4, -0.2) is 24.9 Å². The first-order valence-electron chi connectivity index (χ1n) is 9.35. The number of rotatable bonds is 12. The van der Waals surface area contributed by atoms with E-state index in [9.17, 15) is 9.59 Å². The van der Waals surface area contributed by atoms with Crippen molar-refractivity contribution in [3.8, 4) is 0 Å². The second-order valence-corrected chi connectivity index (χ2v) is 6.21. The summed E-state index contributed by atoms with van der Waals surface area (Å²) in [6, 6.07) is 6.93. The van der Waals surface area contributed by atoms with Crippen LogP contribution in [0.2, 0.25) is 0 Å². The van der Waals surface area contributed by atoms with Gasteiger partial charge in [0, 0.05) is 24.2 Å². The van der Waals surface area contributed by atoms with Crippen molar-refractivity contribution in [1.82, 2.24) is 10.6 Å². The Labute approximate surface area is 146 Å². The van der Waals surface area contributed by atoms with Crippen molar-refractivity contribution in [1.29, 1.82) is 0 Å². The number of carbonyl (C=O) groups is 2. The lowest BCUT2D eigenvalue weighted by atomic mass is 10.1. The van der Waals surface area contributed by atoms with Crippen molar-refractivity contribution in [3.63, 3.8) is 0 Å². The smallest absolute Gasteiger partial charge is 0.251 e. The van der Waals surface area contributed by atoms with Crippen LogP contribution in [0.25, 0.3) is 0 Å². The van der Waals surface area contributed by atoms with Crippen molar-refractivity contribution < 1.29 is 9.59 Å².